The zero-order valence-corrected chi connectivity index (χ0v) is 25.8. The van der Waals surface area contributed by atoms with Crippen LogP contribution in [-0.4, -0.2) is 4.21 Å². The van der Waals surface area contributed by atoms with Gasteiger partial charge in [0.25, 0.3) is 0 Å². The van der Waals surface area contributed by atoms with Crippen molar-refractivity contribution in [2.45, 2.75) is 65.4 Å². The van der Waals surface area contributed by atoms with Gasteiger partial charge in [-0.15, -0.1) is 0 Å². The molecule has 0 heterocycles. The summed E-state index contributed by atoms with van der Waals surface area (Å²) in [4.78, 5) is 0. The van der Waals surface area contributed by atoms with Gasteiger partial charge in [0.2, 0.25) is 0 Å². The van der Waals surface area contributed by atoms with Crippen LogP contribution in [0.4, 0.5) is 0 Å². The minimum absolute atomic E-state index is 0.134. The Labute approximate surface area is 219 Å². The molecule has 2 aliphatic carbocycles. The van der Waals surface area contributed by atoms with Gasteiger partial charge in [0, 0.05) is 0 Å². The van der Waals surface area contributed by atoms with Crippen LogP contribution >= 0.6 is 0 Å². The van der Waals surface area contributed by atoms with Crippen molar-refractivity contribution in [3.63, 3.8) is 0 Å². The number of hydrogen-bond acceptors (Lipinski definition) is 0. The van der Waals surface area contributed by atoms with Crippen LogP contribution in [0.5, 0.6) is 0 Å². The van der Waals surface area contributed by atoms with Crippen molar-refractivity contribution in [3.8, 4) is 11.1 Å². The van der Waals surface area contributed by atoms with E-state index in [1.54, 1.807) is 12.1 Å². The number of aryl methyl sites for hydroxylation is 2. The second-order valence-electron chi connectivity index (χ2n) is 12.9. The molecule has 0 spiro atoms. The topological polar surface area (TPSA) is 0 Å². The first-order valence-corrected chi connectivity index (χ1v) is 21.6. The summed E-state index contributed by atoms with van der Waals surface area (Å²) in [5.41, 5.74) is 10.3. The van der Waals surface area contributed by atoms with E-state index in [0.29, 0.717) is 5.92 Å². The normalized spacial score (nSPS) is 17.5. The van der Waals surface area contributed by atoms with Gasteiger partial charge in [-0.2, -0.15) is 0 Å². The molecule has 0 radical (unpaired) electrons. The Kier molecular flexibility index (Phi) is 6.20. The molecule has 3 aromatic carbocycles. The van der Waals surface area contributed by atoms with Crippen molar-refractivity contribution in [1.29, 1.82) is 0 Å². The molecular formula is C35H42Zr. The third-order valence-electron chi connectivity index (χ3n) is 9.01. The molecule has 0 aromatic heterocycles. The summed E-state index contributed by atoms with van der Waals surface area (Å²) in [5.74, 6) is 0.471. The van der Waals surface area contributed by atoms with E-state index in [1.807, 2.05) is 0 Å². The van der Waals surface area contributed by atoms with Crippen molar-refractivity contribution in [2.75, 3.05) is 0 Å². The summed E-state index contributed by atoms with van der Waals surface area (Å²) >= 11 is -4.26. The van der Waals surface area contributed by atoms with Crippen LogP contribution < -0.4 is 6.54 Å². The Morgan fingerprint density at radius 2 is 1.64 bits per heavy atom. The summed E-state index contributed by atoms with van der Waals surface area (Å²) in [6, 6.07) is 23.2. The van der Waals surface area contributed by atoms with Crippen molar-refractivity contribution in [1.82, 2.24) is 0 Å². The Hall–Kier alpha value is -2.11. The average Bonchev–Trinajstić information content (AvgIpc) is 3.41. The number of benzene rings is 3. The molecule has 0 bridgehead atoms. The monoisotopic (exact) mass is 552 g/mol. The summed E-state index contributed by atoms with van der Waals surface area (Å²) in [6.45, 7) is 14.0. The molecule has 0 N–H and O–H groups in total. The Morgan fingerprint density at radius 1 is 0.944 bits per heavy atom. The van der Waals surface area contributed by atoms with Crippen molar-refractivity contribution in [2.24, 2.45) is 11.3 Å². The zero-order chi connectivity index (χ0) is 25.9. The van der Waals surface area contributed by atoms with Gasteiger partial charge in [0.1, 0.15) is 0 Å². The van der Waals surface area contributed by atoms with E-state index in [1.165, 1.54) is 49.5 Å². The summed E-state index contributed by atoms with van der Waals surface area (Å²) < 4.78 is 12.9. The van der Waals surface area contributed by atoms with Gasteiger partial charge in [0.15, 0.2) is 0 Å². The second kappa shape index (κ2) is 8.73. The van der Waals surface area contributed by atoms with Gasteiger partial charge in [-0.05, 0) is 0 Å². The van der Waals surface area contributed by atoms with Crippen LogP contribution in [0, 0.1) is 25.2 Å². The predicted octanol–water partition coefficient (Wildman–Crippen LogP) is 8.28. The van der Waals surface area contributed by atoms with E-state index in [4.69, 9.17) is 4.21 Å². The fourth-order valence-corrected chi connectivity index (χ4v) is 21.8. The van der Waals surface area contributed by atoms with E-state index < -0.39 is 18.3 Å². The number of hydrogen-bond donors (Lipinski definition) is 0. The van der Waals surface area contributed by atoms with Crippen LogP contribution in [0.3, 0.4) is 0 Å². The maximum atomic E-state index is 5.50. The third-order valence-corrected chi connectivity index (χ3v) is 23.8. The molecule has 36 heavy (non-hydrogen) atoms. The maximum absolute atomic E-state index is 5.50. The molecule has 0 aliphatic heterocycles. The number of allylic oxidation sites excluding steroid dienone is 4. The molecule has 0 saturated heterocycles. The second-order valence-corrected chi connectivity index (χ2v) is 26.8. The molecule has 5 rings (SSSR count). The molecule has 0 saturated carbocycles. The zero-order valence-electron chi connectivity index (χ0n) is 23.3. The summed E-state index contributed by atoms with van der Waals surface area (Å²) in [6.07, 6.45) is 8.61. The standard InChI is InChI=1S/C15H13.C12H19.C6H5.CH3.CH2.Zr/c1-10-3-5-14-12(7-10)9-13-8-11(2)4-6-15(13)14;1-5-6-10-7-8-11(9-10)12(2,3)4;1-2-4-6-5-3-1;;;/h3-7H,9H2,1-2H3;8-10H,5-6H2,1-4H3;1-5H;1H3;1H2;. The molecule has 3 aromatic rings. The molecule has 1 unspecified atom stereocenters. The van der Waals surface area contributed by atoms with Crippen LogP contribution in [0.25, 0.3) is 11.1 Å². The van der Waals surface area contributed by atoms with E-state index >= 15 is 0 Å². The molecule has 0 fully saturated rings. The van der Waals surface area contributed by atoms with Crippen LogP contribution in [0.15, 0.2) is 81.7 Å². The molecule has 1 heteroatoms. The molecular weight excluding hydrogens is 512 g/mol. The fraction of sp³-hybridized carbons (Fsp3) is 0.343. The summed E-state index contributed by atoms with van der Waals surface area (Å²) in [5, 5.41) is 0. The summed E-state index contributed by atoms with van der Waals surface area (Å²) in [7, 11) is 0. The Bertz CT molecular complexity index is 1470. The van der Waals surface area contributed by atoms with Gasteiger partial charge < -0.3 is 0 Å². The van der Waals surface area contributed by atoms with Gasteiger partial charge in [0.05, 0.1) is 0 Å². The number of fused-ring (bicyclic) bond motifs is 3. The average molecular weight is 554 g/mol. The van der Waals surface area contributed by atoms with Crippen molar-refractivity contribution in [3.05, 3.63) is 104 Å². The predicted molar refractivity (Wildman–Crippen MR) is 157 cm³/mol. The van der Waals surface area contributed by atoms with Crippen LogP contribution in [0.2, 0.25) is 4.63 Å². The van der Waals surface area contributed by atoms with E-state index in [0.717, 1.165) is 6.42 Å². The number of rotatable bonds is 5. The van der Waals surface area contributed by atoms with Crippen molar-refractivity contribution >= 4 is 10.8 Å². The minimum atomic E-state index is -4.26. The van der Waals surface area contributed by atoms with E-state index in [9.17, 15) is 0 Å². The van der Waals surface area contributed by atoms with E-state index in [2.05, 4.69) is 119 Å². The molecule has 186 valence electrons. The molecule has 0 amide bonds. The molecule has 2 aliphatic rings. The van der Waals surface area contributed by atoms with Crippen LogP contribution in [-0.2, 0) is 24.7 Å². The van der Waals surface area contributed by atoms with Crippen LogP contribution in [0.1, 0.15) is 62.8 Å². The molecule has 0 nitrogen and oxygen atoms in total. The fourth-order valence-electron chi connectivity index (χ4n) is 7.15. The van der Waals surface area contributed by atoms with Gasteiger partial charge in [-0.1, -0.05) is 0 Å². The first kappa shape index (κ1) is 25.5. The molecule has 1 atom stereocenters. The van der Waals surface area contributed by atoms with Gasteiger partial charge in [-0.25, -0.2) is 0 Å². The Balaban J connectivity index is 1.86. The Morgan fingerprint density at radius 3 is 2.31 bits per heavy atom. The van der Waals surface area contributed by atoms with Gasteiger partial charge in [-0.3, -0.25) is 0 Å². The van der Waals surface area contributed by atoms with Crippen molar-refractivity contribution < 1.29 is 18.3 Å². The first-order valence-electron chi connectivity index (χ1n) is 13.7. The first-order chi connectivity index (χ1) is 16.9. The van der Waals surface area contributed by atoms with E-state index in [-0.39, 0.29) is 5.41 Å². The SMILES string of the molecule is [CH2]=[Zr]([CH3])([C]1=CC(C(C)(C)C)=CC1CCC)([c]1ccccc1)[c]1c(C)ccc2c1Cc1cc(C)ccc1-2. The van der Waals surface area contributed by atoms with Gasteiger partial charge >= 0.3 is 221 Å². The third kappa shape index (κ3) is 3.85. The quantitative estimate of drug-likeness (QED) is 0.233.